The van der Waals surface area contributed by atoms with Gasteiger partial charge in [0, 0.05) is 28.2 Å². The van der Waals surface area contributed by atoms with Gasteiger partial charge in [-0.15, -0.1) is 10.2 Å². The summed E-state index contributed by atoms with van der Waals surface area (Å²) < 4.78 is 7.30. The summed E-state index contributed by atoms with van der Waals surface area (Å²) in [5, 5.41) is 10.5. The van der Waals surface area contributed by atoms with Crippen molar-refractivity contribution in [2.24, 2.45) is 0 Å². The van der Waals surface area contributed by atoms with Gasteiger partial charge in [-0.1, -0.05) is 102 Å². The highest BCUT2D eigenvalue weighted by Gasteiger charge is 2.29. The normalized spacial score (nSPS) is 11.9. The molecule has 4 aromatic carbocycles. The van der Waals surface area contributed by atoms with Crippen molar-refractivity contribution in [2.75, 3.05) is 7.11 Å². The number of H-pyrrole nitrogens is 1. The zero-order valence-electron chi connectivity index (χ0n) is 20.9. The number of rotatable bonds is 8. The largest absolute Gasteiger partial charge is 0.495 e. The van der Waals surface area contributed by atoms with E-state index in [0.29, 0.717) is 27.3 Å². The van der Waals surface area contributed by atoms with Gasteiger partial charge >= 0.3 is 0 Å². The highest BCUT2D eigenvalue weighted by atomic mass is 35.5. The smallest absolute Gasteiger partial charge is 0.197 e. The van der Waals surface area contributed by atoms with Gasteiger partial charge in [0.1, 0.15) is 11.0 Å². The number of ether oxygens (including phenoxy) is 1. The fraction of sp³-hybridized carbons (Fsp3) is 0.0645. The highest BCUT2D eigenvalue weighted by Crippen LogP contribution is 2.41. The van der Waals surface area contributed by atoms with Gasteiger partial charge in [0.05, 0.1) is 17.8 Å². The fourth-order valence-corrected chi connectivity index (χ4v) is 5.95. The van der Waals surface area contributed by atoms with Crippen molar-refractivity contribution in [3.05, 3.63) is 125 Å². The average molecular weight is 551 g/mol. The monoisotopic (exact) mass is 550 g/mol. The number of nitrogens with one attached hydrogen (secondary N) is 1. The molecular formula is C31H23ClN4O2S. The third-order valence-electron chi connectivity index (χ3n) is 6.48. The Bertz CT molecular complexity index is 1770. The summed E-state index contributed by atoms with van der Waals surface area (Å²) >= 11 is 7.89. The van der Waals surface area contributed by atoms with Crippen molar-refractivity contribution in [3.63, 3.8) is 0 Å². The molecule has 0 bridgehead atoms. The van der Waals surface area contributed by atoms with Gasteiger partial charge in [0.2, 0.25) is 0 Å². The summed E-state index contributed by atoms with van der Waals surface area (Å²) in [5.41, 5.74) is 4.08. The number of aromatic nitrogens is 4. The van der Waals surface area contributed by atoms with E-state index in [4.69, 9.17) is 16.3 Å². The summed E-state index contributed by atoms with van der Waals surface area (Å²) in [6.07, 6.45) is 1.78. The minimum Gasteiger partial charge on any atom is -0.495 e. The summed E-state index contributed by atoms with van der Waals surface area (Å²) in [7, 11) is 1.58. The van der Waals surface area contributed by atoms with Crippen LogP contribution in [0.15, 0.2) is 114 Å². The Labute approximate surface area is 234 Å². The predicted octanol–water partition coefficient (Wildman–Crippen LogP) is 7.79. The molecule has 6 nitrogen and oxygen atoms in total. The number of ketones is 1. The highest BCUT2D eigenvalue weighted by molar-refractivity contribution is 8.00. The number of aromatic amines is 1. The van der Waals surface area contributed by atoms with E-state index in [1.807, 2.05) is 108 Å². The lowest BCUT2D eigenvalue weighted by Gasteiger charge is -2.17. The van der Waals surface area contributed by atoms with E-state index in [1.54, 1.807) is 13.3 Å². The zero-order valence-corrected chi connectivity index (χ0v) is 22.5. The fourth-order valence-electron chi connectivity index (χ4n) is 4.57. The Hall–Kier alpha value is -4.33. The summed E-state index contributed by atoms with van der Waals surface area (Å²) in [6.45, 7) is 0. The van der Waals surface area contributed by atoms with Crippen LogP contribution in [0.3, 0.4) is 0 Å². The molecule has 8 heteroatoms. The predicted molar refractivity (Wildman–Crippen MR) is 156 cm³/mol. The van der Waals surface area contributed by atoms with Crippen LogP contribution in [0, 0.1) is 0 Å². The summed E-state index contributed by atoms with van der Waals surface area (Å²) in [5.74, 6) is 1.19. The molecule has 0 fully saturated rings. The van der Waals surface area contributed by atoms with Gasteiger partial charge in [0.25, 0.3) is 0 Å². The number of para-hydroxylation sites is 1. The van der Waals surface area contributed by atoms with E-state index in [0.717, 1.165) is 27.7 Å². The number of carbonyl (C=O) groups excluding carboxylic acids is 1. The van der Waals surface area contributed by atoms with Crippen LogP contribution in [0.2, 0.25) is 5.02 Å². The second-order valence-electron chi connectivity index (χ2n) is 8.85. The molecule has 1 N–H and O–H groups in total. The van der Waals surface area contributed by atoms with Crippen LogP contribution in [0.25, 0.3) is 28.0 Å². The third kappa shape index (κ3) is 4.82. The molecule has 0 aliphatic heterocycles. The van der Waals surface area contributed by atoms with Crippen LogP contribution in [0.5, 0.6) is 5.75 Å². The van der Waals surface area contributed by atoms with Gasteiger partial charge in [0.15, 0.2) is 16.8 Å². The Morgan fingerprint density at radius 2 is 1.64 bits per heavy atom. The molecular weight excluding hydrogens is 528 g/mol. The molecule has 0 aliphatic carbocycles. The molecule has 0 saturated heterocycles. The average Bonchev–Trinajstić information content (AvgIpc) is 3.61. The molecule has 0 amide bonds. The molecule has 6 aromatic rings. The van der Waals surface area contributed by atoms with Crippen molar-refractivity contribution in [2.45, 2.75) is 10.4 Å². The molecule has 2 heterocycles. The first-order valence-electron chi connectivity index (χ1n) is 12.3. The summed E-state index contributed by atoms with van der Waals surface area (Å²) in [4.78, 5) is 17.4. The second-order valence-corrected chi connectivity index (χ2v) is 10.3. The number of hydrogen-bond acceptors (Lipinski definition) is 5. The lowest BCUT2D eigenvalue weighted by atomic mass is 10.0. The van der Waals surface area contributed by atoms with Crippen LogP contribution >= 0.6 is 23.4 Å². The number of benzene rings is 4. The Kier molecular flexibility index (Phi) is 6.92. The zero-order chi connectivity index (χ0) is 26.8. The number of fused-ring (bicyclic) bond motifs is 1. The van der Waals surface area contributed by atoms with Crippen molar-refractivity contribution in [3.8, 4) is 22.8 Å². The number of hydrogen-bond donors (Lipinski definition) is 1. The SMILES string of the molecule is COc1ccc(-n2c(S[C@@H](C(=O)c3c[nH]c4ccccc34)c3ccccc3)nnc2-c2ccccc2)cc1Cl. The Morgan fingerprint density at radius 1 is 0.923 bits per heavy atom. The van der Waals surface area contributed by atoms with Gasteiger partial charge in [-0.05, 0) is 29.8 Å². The first kappa shape index (κ1) is 25.0. The molecule has 0 radical (unpaired) electrons. The number of methoxy groups -OCH3 is 1. The van der Waals surface area contributed by atoms with E-state index >= 15 is 0 Å². The Morgan fingerprint density at radius 3 is 2.38 bits per heavy atom. The van der Waals surface area contributed by atoms with E-state index in [-0.39, 0.29) is 5.78 Å². The molecule has 2 aromatic heterocycles. The van der Waals surface area contributed by atoms with Gasteiger partial charge < -0.3 is 9.72 Å². The molecule has 192 valence electrons. The van der Waals surface area contributed by atoms with Gasteiger partial charge in [-0.3, -0.25) is 9.36 Å². The van der Waals surface area contributed by atoms with E-state index in [1.165, 1.54) is 11.8 Å². The number of nitrogens with zero attached hydrogens (tertiary/aromatic N) is 3. The van der Waals surface area contributed by atoms with Crippen molar-refractivity contribution >= 4 is 40.0 Å². The standard InChI is InChI=1S/C31H23ClN4O2S/c1-38-27-17-16-22(18-25(27)32)36-30(21-12-6-3-7-13-21)34-35-31(36)39-29(20-10-4-2-5-11-20)28(37)24-19-33-26-15-9-8-14-23(24)26/h2-19,29,33H,1H3/t29-/m1/s1. The van der Waals surface area contributed by atoms with Gasteiger partial charge in [-0.25, -0.2) is 0 Å². The minimum atomic E-state index is -0.564. The number of Topliss-reactive ketones (excluding diaryl/α,β-unsaturated/α-hetero) is 1. The topological polar surface area (TPSA) is 72.8 Å². The number of carbonyl (C=O) groups is 1. The molecule has 0 aliphatic rings. The number of thioether (sulfide) groups is 1. The van der Waals surface area contributed by atoms with Crippen LogP contribution in [0.4, 0.5) is 0 Å². The van der Waals surface area contributed by atoms with Crippen molar-refractivity contribution < 1.29 is 9.53 Å². The van der Waals surface area contributed by atoms with E-state index < -0.39 is 5.25 Å². The van der Waals surface area contributed by atoms with E-state index in [2.05, 4.69) is 15.2 Å². The van der Waals surface area contributed by atoms with Crippen LogP contribution in [-0.4, -0.2) is 32.6 Å². The number of halogens is 1. The maximum Gasteiger partial charge on any atom is 0.197 e. The van der Waals surface area contributed by atoms with Crippen molar-refractivity contribution in [1.29, 1.82) is 0 Å². The van der Waals surface area contributed by atoms with Crippen molar-refractivity contribution in [1.82, 2.24) is 19.7 Å². The maximum absolute atomic E-state index is 14.2. The lowest BCUT2D eigenvalue weighted by Crippen LogP contribution is -2.11. The molecule has 1 atom stereocenters. The minimum absolute atomic E-state index is 0.0211. The van der Waals surface area contributed by atoms with Crippen LogP contribution < -0.4 is 4.74 Å². The first-order valence-corrected chi connectivity index (χ1v) is 13.6. The van der Waals surface area contributed by atoms with Gasteiger partial charge in [-0.2, -0.15) is 0 Å². The third-order valence-corrected chi connectivity index (χ3v) is 7.97. The molecule has 0 spiro atoms. The van der Waals surface area contributed by atoms with E-state index in [9.17, 15) is 4.79 Å². The first-order chi connectivity index (χ1) is 19.1. The quantitative estimate of drug-likeness (QED) is 0.155. The van der Waals surface area contributed by atoms with Crippen LogP contribution in [-0.2, 0) is 0 Å². The van der Waals surface area contributed by atoms with Crippen LogP contribution in [0.1, 0.15) is 21.2 Å². The molecule has 6 rings (SSSR count). The molecule has 39 heavy (non-hydrogen) atoms. The summed E-state index contributed by atoms with van der Waals surface area (Å²) in [6, 6.07) is 32.9. The Balaban J connectivity index is 1.49. The maximum atomic E-state index is 14.2. The molecule has 0 unspecified atom stereocenters. The second kappa shape index (κ2) is 10.8. The molecule has 0 saturated carbocycles. The lowest BCUT2D eigenvalue weighted by molar-refractivity contribution is 0.0991.